The fourth-order valence-corrected chi connectivity index (χ4v) is 6.69. The maximum atomic E-state index is 2.40. The van der Waals surface area contributed by atoms with Gasteiger partial charge >= 0.3 is 0 Å². The number of para-hydroxylation sites is 2. The van der Waals surface area contributed by atoms with Gasteiger partial charge in [0.05, 0.1) is 11.0 Å². The van der Waals surface area contributed by atoms with Crippen LogP contribution in [0.3, 0.4) is 0 Å². The van der Waals surface area contributed by atoms with Crippen LogP contribution in [0.5, 0.6) is 0 Å². The number of hydrogen-bond acceptors (Lipinski definition) is 0. The van der Waals surface area contributed by atoms with Gasteiger partial charge in [-0.25, -0.2) is 0 Å². The molecule has 3 heteroatoms. The smallest absolute Gasteiger partial charge is 0.0736 e. The molecule has 178 valence electrons. The van der Waals surface area contributed by atoms with Gasteiger partial charge in [0, 0.05) is 75.5 Å². The highest BCUT2D eigenvalue weighted by atomic mass is 15.0. The van der Waals surface area contributed by atoms with Crippen LogP contribution in [0.25, 0.3) is 65.4 Å². The molecule has 3 nitrogen and oxygen atoms in total. The van der Waals surface area contributed by atoms with Crippen LogP contribution in [0.15, 0.2) is 97.1 Å². The number of aryl methyl sites for hydroxylation is 3. The summed E-state index contributed by atoms with van der Waals surface area (Å²) in [4.78, 5) is 0. The molecule has 0 aliphatic heterocycles. The molecule has 0 radical (unpaired) electrons. The average molecular weight is 478 g/mol. The van der Waals surface area contributed by atoms with E-state index in [1.54, 1.807) is 0 Å². The lowest BCUT2D eigenvalue weighted by Crippen LogP contribution is -1.93. The Morgan fingerprint density at radius 1 is 0.405 bits per heavy atom. The first kappa shape index (κ1) is 20.7. The summed E-state index contributed by atoms with van der Waals surface area (Å²) in [5.41, 5.74) is 10.4. The van der Waals surface area contributed by atoms with E-state index in [-0.39, 0.29) is 0 Å². The second-order valence-corrected chi connectivity index (χ2v) is 10.4. The van der Waals surface area contributed by atoms with Crippen LogP contribution >= 0.6 is 0 Å². The van der Waals surface area contributed by atoms with Gasteiger partial charge in [0.1, 0.15) is 0 Å². The maximum absolute atomic E-state index is 2.40. The quantitative estimate of drug-likeness (QED) is 0.238. The standard InChI is InChI=1S/C34H27N3/c1-35-29-10-6-5-9-24(29)27-19-21(12-16-31(27)35)18-22-13-17-32-28(20-22)26-15-14-25-23-8-4-7-11-30(23)36(2)33(25)34(26)37(32)3/h4-17,19-20H,18H2,1-3H3. The number of benzene rings is 5. The zero-order chi connectivity index (χ0) is 24.8. The van der Waals surface area contributed by atoms with E-state index < -0.39 is 0 Å². The van der Waals surface area contributed by atoms with Gasteiger partial charge in [-0.15, -0.1) is 0 Å². The highest BCUT2D eigenvalue weighted by Gasteiger charge is 2.17. The predicted octanol–water partition coefficient (Wildman–Crippen LogP) is 8.21. The lowest BCUT2D eigenvalue weighted by Gasteiger charge is -2.05. The highest BCUT2D eigenvalue weighted by molar-refractivity contribution is 6.22. The first-order chi connectivity index (χ1) is 18.1. The van der Waals surface area contributed by atoms with Crippen LogP contribution in [0.1, 0.15) is 11.1 Å². The topological polar surface area (TPSA) is 14.8 Å². The van der Waals surface area contributed by atoms with Crippen molar-refractivity contribution in [3.05, 3.63) is 108 Å². The Hall–Kier alpha value is -4.50. The number of nitrogens with zero attached hydrogens (tertiary/aromatic N) is 3. The zero-order valence-corrected chi connectivity index (χ0v) is 21.3. The zero-order valence-electron chi connectivity index (χ0n) is 21.3. The van der Waals surface area contributed by atoms with Crippen LogP contribution in [0, 0.1) is 0 Å². The number of aromatic nitrogens is 3. The van der Waals surface area contributed by atoms with Gasteiger partial charge in [-0.1, -0.05) is 60.7 Å². The highest BCUT2D eigenvalue weighted by Crippen LogP contribution is 2.38. The van der Waals surface area contributed by atoms with E-state index in [0.717, 1.165) is 6.42 Å². The van der Waals surface area contributed by atoms with Gasteiger partial charge in [0.15, 0.2) is 0 Å². The third kappa shape index (κ3) is 2.71. The Balaban J connectivity index is 1.30. The fourth-order valence-electron chi connectivity index (χ4n) is 6.69. The summed E-state index contributed by atoms with van der Waals surface area (Å²) in [6.07, 6.45) is 0.918. The average Bonchev–Trinajstić information content (AvgIpc) is 3.50. The van der Waals surface area contributed by atoms with Crippen LogP contribution < -0.4 is 0 Å². The summed E-state index contributed by atoms with van der Waals surface area (Å²) >= 11 is 0. The van der Waals surface area contributed by atoms with E-state index in [2.05, 4.69) is 132 Å². The second-order valence-electron chi connectivity index (χ2n) is 10.4. The van der Waals surface area contributed by atoms with Crippen LogP contribution in [-0.4, -0.2) is 13.7 Å². The van der Waals surface area contributed by atoms with Gasteiger partial charge in [0.2, 0.25) is 0 Å². The van der Waals surface area contributed by atoms with E-state index in [1.165, 1.54) is 76.5 Å². The van der Waals surface area contributed by atoms with Gasteiger partial charge in [-0.05, 0) is 53.9 Å². The van der Waals surface area contributed by atoms with Crippen molar-refractivity contribution in [3.63, 3.8) is 0 Å². The summed E-state index contributed by atoms with van der Waals surface area (Å²) in [5.74, 6) is 0. The summed E-state index contributed by atoms with van der Waals surface area (Å²) in [6, 6.07) is 36.0. The normalized spacial score (nSPS) is 12.3. The maximum Gasteiger partial charge on any atom is 0.0736 e. The van der Waals surface area contributed by atoms with E-state index in [9.17, 15) is 0 Å². The third-order valence-corrected chi connectivity index (χ3v) is 8.48. The summed E-state index contributed by atoms with van der Waals surface area (Å²) in [5, 5.41) is 7.94. The molecule has 0 amide bonds. The van der Waals surface area contributed by atoms with Crippen LogP contribution in [0.2, 0.25) is 0 Å². The van der Waals surface area contributed by atoms with Crippen LogP contribution in [0.4, 0.5) is 0 Å². The molecule has 0 fully saturated rings. The largest absolute Gasteiger partial charge is 0.344 e. The Bertz CT molecular complexity index is 2200. The monoisotopic (exact) mass is 477 g/mol. The molecule has 3 aromatic heterocycles. The molecule has 5 aromatic carbocycles. The summed E-state index contributed by atoms with van der Waals surface area (Å²) in [6.45, 7) is 0. The lowest BCUT2D eigenvalue weighted by atomic mass is 10.0. The first-order valence-electron chi connectivity index (χ1n) is 12.9. The van der Waals surface area contributed by atoms with E-state index >= 15 is 0 Å². The Labute approximate surface area is 214 Å². The number of rotatable bonds is 2. The molecule has 0 spiro atoms. The van der Waals surface area contributed by atoms with Gasteiger partial charge in [-0.3, -0.25) is 0 Å². The molecule has 8 aromatic rings. The Morgan fingerprint density at radius 3 is 1.46 bits per heavy atom. The minimum Gasteiger partial charge on any atom is -0.344 e. The molecule has 8 rings (SSSR count). The van der Waals surface area contributed by atoms with Gasteiger partial charge in [0.25, 0.3) is 0 Å². The van der Waals surface area contributed by atoms with Crippen molar-refractivity contribution >= 4 is 65.4 Å². The molecule has 37 heavy (non-hydrogen) atoms. The lowest BCUT2D eigenvalue weighted by molar-refractivity contribution is 0.986. The number of fused-ring (bicyclic) bond motifs is 10. The molecule has 3 heterocycles. The van der Waals surface area contributed by atoms with Crippen molar-refractivity contribution in [1.82, 2.24) is 13.7 Å². The number of hydrogen-bond donors (Lipinski definition) is 0. The van der Waals surface area contributed by atoms with Gasteiger partial charge in [-0.2, -0.15) is 0 Å². The van der Waals surface area contributed by atoms with E-state index in [0.29, 0.717) is 0 Å². The summed E-state index contributed by atoms with van der Waals surface area (Å²) < 4.78 is 7.02. The minimum absolute atomic E-state index is 0.918. The summed E-state index contributed by atoms with van der Waals surface area (Å²) in [7, 11) is 6.55. The molecule has 0 bridgehead atoms. The first-order valence-corrected chi connectivity index (χ1v) is 12.9. The van der Waals surface area contributed by atoms with Gasteiger partial charge < -0.3 is 13.7 Å². The van der Waals surface area contributed by atoms with E-state index in [1.807, 2.05) is 0 Å². The van der Waals surface area contributed by atoms with Crippen molar-refractivity contribution in [3.8, 4) is 0 Å². The Morgan fingerprint density at radius 2 is 0.838 bits per heavy atom. The molecule has 0 unspecified atom stereocenters. The molecule has 0 saturated heterocycles. The van der Waals surface area contributed by atoms with Crippen molar-refractivity contribution in [2.45, 2.75) is 6.42 Å². The van der Waals surface area contributed by atoms with Crippen molar-refractivity contribution in [2.75, 3.05) is 0 Å². The SMILES string of the molecule is Cn1c2ccccc2c2cc(Cc3ccc4c(c3)c3ccc5c6ccccc6n(C)c5c3n4C)ccc21. The van der Waals surface area contributed by atoms with E-state index in [4.69, 9.17) is 0 Å². The molecule has 0 aliphatic rings. The second kappa shape index (κ2) is 7.27. The fraction of sp³-hybridized carbons (Fsp3) is 0.118. The van der Waals surface area contributed by atoms with Crippen molar-refractivity contribution in [2.24, 2.45) is 21.1 Å². The minimum atomic E-state index is 0.918. The molecule has 0 saturated carbocycles. The van der Waals surface area contributed by atoms with Crippen molar-refractivity contribution < 1.29 is 0 Å². The molecular formula is C34H27N3. The Kier molecular flexibility index (Phi) is 4.06. The molecule has 0 aliphatic carbocycles. The molecule has 0 atom stereocenters. The molecule has 0 N–H and O–H groups in total. The van der Waals surface area contributed by atoms with Crippen LogP contribution in [-0.2, 0) is 27.6 Å². The predicted molar refractivity (Wildman–Crippen MR) is 158 cm³/mol. The third-order valence-electron chi connectivity index (χ3n) is 8.48. The molecular weight excluding hydrogens is 450 g/mol. The van der Waals surface area contributed by atoms with Crippen molar-refractivity contribution in [1.29, 1.82) is 0 Å².